The van der Waals surface area contributed by atoms with Crippen molar-refractivity contribution in [2.24, 2.45) is 0 Å². The molecule has 0 aliphatic carbocycles. The average molecular weight is 477 g/mol. The number of aliphatic hydroxyl groups is 1. The molecule has 4 rings (SSSR count). The topological polar surface area (TPSA) is 79.7 Å². The van der Waals surface area contributed by atoms with E-state index in [1.54, 1.807) is 42.7 Å². The van der Waals surface area contributed by atoms with Crippen molar-refractivity contribution in [2.75, 3.05) is 11.5 Å². The molecule has 174 valence electrons. The molecular formula is C27H25ClN2O4. The summed E-state index contributed by atoms with van der Waals surface area (Å²) in [6, 6.07) is 14.9. The van der Waals surface area contributed by atoms with Crippen molar-refractivity contribution in [3.8, 4) is 5.75 Å². The van der Waals surface area contributed by atoms with E-state index in [1.165, 1.54) is 4.90 Å². The highest BCUT2D eigenvalue weighted by Crippen LogP contribution is 2.42. The molecule has 1 aliphatic heterocycles. The zero-order valence-electron chi connectivity index (χ0n) is 19.2. The molecule has 1 fully saturated rings. The van der Waals surface area contributed by atoms with Crippen molar-refractivity contribution in [2.45, 2.75) is 32.7 Å². The fraction of sp³-hybridized carbons (Fsp3) is 0.222. The first-order chi connectivity index (χ1) is 16.3. The number of anilines is 1. The van der Waals surface area contributed by atoms with Crippen LogP contribution >= 0.6 is 11.6 Å². The van der Waals surface area contributed by atoms with Crippen LogP contribution in [0.2, 0.25) is 5.02 Å². The van der Waals surface area contributed by atoms with E-state index < -0.39 is 17.7 Å². The molecule has 1 amide bonds. The van der Waals surface area contributed by atoms with E-state index in [0.717, 1.165) is 5.56 Å². The number of pyridine rings is 1. The molecule has 1 unspecified atom stereocenters. The van der Waals surface area contributed by atoms with Crippen LogP contribution in [0.4, 0.5) is 5.69 Å². The van der Waals surface area contributed by atoms with Gasteiger partial charge in [0.15, 0.2) is 0 Å². The third kappa shape index (κ3) is 4.29. The Morgan fingerprint density at radius 3 is 2.50 bits per heavy atom. The second-order valence-corrected chi connectivity index (χ2v) is 8.69. The molecule has 0 bridgehead atoms. The summed E-state index contributed by atoms with van der Waals surface area (Å²) in [5.74, 6) is -1.09. The summed E-state index contributed by atoms with van der Waals surface area (Å²) in [7, 11) is 0. The van der Waals surface area contributed by atoms with Gasteiger partial charge < -0.3 is 9.84 Å². The Morgan fingerprint density at radius 1 is 1.15 bits per heavy atom. The normalized spacial score (nSPS) is 17.4. The number of rotatable bonds is 6. The summed E-state index contributed by atoms with van der Waals surface area (Å²) in [5, 5.41) is 11.6. The molecule has 0 radical (unpaired) electrons. The molecule has 0 saturated carbocycles. The third-order valence-corrected chi connectivity index (χ3v) is 6.10. The lowest BCUT2D eigenvalue weighted by molar-refractivity contribution is -0.132. The van der Waals surface area contributed by atoms with Gasteiger partial charge >= 0.3 is 0 Å². The van der Waals surface area contributed by atoms with Crippen LogP contribution in [0.3, 0.4) is 0 Å². The van der Waals surface area contributed by atoms with Gasteiger partial charge in [0.2, 0.25) is 0 Å². The number of ether oxygens (including phenoxy) is 1. The van der Waals surface area contributed by atoms with Crippen LogP contribution in [0, 0.1) is 0 Å². The zero-order valence-corrected chi connectivity index (χ0v) is 19.9. The number of hydrogen-bond donors (Lipinski definition) is 1. The molecule has 7 heteroatoms. The first-order valence-electron chi connectivity index (χ1n) is 11.1. The largest absolute Gasteiger partial charge is 0.507 e. The third-order valence-electron chi connectivity index (χ3n) is 5.79. The first-order valence-corrected chi connectivity index (χ1v) is 11.4. The summed E-state index contributed by atoms with van der Waals surface area (Å²) in [4.78, 5) is 32.1. The monoisotopic (exact) mass is 476 g/mol. The molecule has 2 aromatic carbocycles. The summed E-state index contributed by atoms with van der Waals surface area (Å²) in [6.07, 6.45) is 3.20. The average Bonchev–Trinajstić information content (AvgIpc) is 3.11. The Morgan fingerprint density at radius 2 is 1.88 bits per heavy atom. The first kappa shape index (κ1) is 23.5. The highest BCUT2D eigenvalue weighted by Gasteiger charge is 2.47. The minimum absolute atomic E-state index is 0.0179. The van der Waals surface area contributed by atoms with Crippen molar-refractivity contribution in [3.05, 3.63) is 94.3 Å². The van der Waals surface area contributed by atoms with Gasteiger partial charge in [0.1, 0.15) is 11.5 Å². The number of aromatic nitrogens is 1. The number of hydrogen-bond acceptors (Lipinski definition) is 5. The number of carbonyl (C=O) groups excluding carboxylic acids is 2. The van der Waals surface area contributed by atoms with Crippen LogP contribution in [0.25, 0.3) is 5.76 Å². The summed E-state index contributed by atoms with van der Waals surface area (Å²) in [6.45, 7) is 6.37. The number of Topliss-reactive ketones (excluding diaryl/α,β-unsaturated/α-hetero) is 1. The Kier molecular flexibility index (Phi) is 6.70. The highest BCUT2D eigenvalue weighted by atomic mass is 35.5. The number of carbonyl (C=O) groups is 2. The maximum Gasteiger partial charge on any atom is 0.300 e. The number of halogens is 1. The lowest BCUT2D eigenvalue weighted by Crippen LogP contribution is -2.29. The van der Waals surface area contributed by atoms with Crippen molar-refractivity contribution >= 4 is 34.7 Å². The molecule has 1 atom stereocenters. The van der Waals surface area contributed by atoms with E-state index >= 15 is 0 Å². The van der Waals surface area contributed by atoms with Gasteiger partial charge in [-0.05, 0) is 60.4 Å². The van der Waals surface area contributed by atoms with Crippen LogP contribution in [0.1, 0.15) is 49.4 Å². The SMILES string of the molecule is CCOc1cc(/C(O)=C2/C(=O)C(=O)N(c3ccc(C(C)C)cc3)C2c2cccnc2)ccc1Cl. The van der Waals surface area contributed by atoms with E-state index in [1.807, 2.05) is 31.2 Å². The van der Waals surface area contributed by atoms with Crippen molar-refractivity contribution in [1.29, 1.82) is 0 Å². The molecule has 1 aromatic heterocycles. The molecule has 2 heterocycles. The molecule has 1 N–H and O–H groups in total. The zero-order chi connectivity index (χ0) is 24.4. The molecule has 6 nitrogen and oxygen atoms in total. The number of amides is 1. The predicted octanol–water partition coefficient (Wildman–Crippen LogP) is 5.88. The van der Waals surface area contributed by atoms with Gasteiger partial charge in [-0.1, -0.05) is 43.6 Å². The quantitative estimate of drug-likeness (QED) is 0.273. The van der Waals surface area contributed by atoms with Gasteiger partial charge in [-0.25, -0.2) is 0 Å². The van der Waals surface area contributed by atoms with Gasteiger partial charge in [-0.15, -0.1) is 0 Å². The lowest BCUT2D eigenvalue weighted by Gasteiger charge is -2.25. The Hall–Kier alpha value is -3.64. The number of ketones is 1. The standard InChI is InChI=1S/C27H25ClN2O4/c1-4-34-22-14-18(9-12-21(22)28)25(31)23-24(19-6-5-13-29-15-19)30(27(33)26(23)32)20-10-7-17(8-11-20)16(2)3/h5-16,24,31H,4H2,1-3H3/b25-23-. The van der Waals surface area contributed by atoms with Gasteiger partial charge in [0.05, 0.1) is 23.2 Å². The summed E-state index contributed by atoms with van der Waals surface area (Å²) < 4.78 is 5.53. The number of benzene rings is 2. The number of aliphatic hydroxyl groups excluding tert-OH is 1. The van der Waals surface area contributed by atoms with Crippen LogP contribution < -0.4 is 9.64 Å². The lowest BCUT2D eigenvalue weighted by atomic mass is 9.96. The second kappa shape index (κ2) is 9.69. The molecule has 1 saturated heterocycles. The minimum atomic E-state index is -0.843. The summed E-state index contributed by atoms with van der Waals surface area (Å²) >= 11 is 6.19. The Bertz CT molecular complexity index is 1250. The van der Waals surface area contributed by atoms with Crippen LogP contribution in [0.5, 0.6) is 5.75 Å². The van der Waals surface area contributed by atoms with E-state index in [9.17, 15) is 14.7 Å². The summed E-state index contributed by atoms with van der Waals surface area (Å²) in [5.41, 5.74) is 2.59. The molecule has 0 spiro atoms. The molecule has 3 aromatic rings. The van der Waals surface area contributed by atoms with Gasteiger partial charge in [-0.3, -0.25) is 19.5 Å². The fourth-order valence-electron chi connectivity index (χ4n) is 4.04. The van der Waals surface area contributed by atoms with E-state index in [0.29, 0.717) is 40.1 Å². The molecule has 34 heavy (non-hydrogen) atoms. The van der Waals surface area contributed by atoms with E-state index in [2.05, 4.69) is 18.8 Å². The van der Waals surface area contributed by atoms with Crippen LogP contribution in [-0.2, 0) is 9.59 Å². The van der Waals surface area contributed by atoms with Crippen molar-refractivity contribution in [3.63, 3.8) is 0 Å². The maximum atomic E-state index is 13.3. The highest BCUT2D eigenvalue weighted by molar-refractivity contribution is 6.51. The maximum absolute atomic E-state index is 13.3. The Labute approximate surface area is 203 Å². The molecule has 1 aliphatic rings. The van der Waals surface area contributed by atoms with Crippen molar-refractivity contribution in [1.82, 2.24) is 4.98 Å². The van der Waals surface area contributed by atoms with Crippen LogP contribution in [0.15, 0.2) is 72.6 Å². The number of nitrogens with zero attached hydrogens (tertiary/aromatic N) is 2. The van der Waals surface area contributed by atoms with E-state index in [-0.39, 0.29) is 11.3 Å². The smallest absolute Gasteiger partial charge is 0.300 e. The van der Waals surface area contributed by atoms with Gasteiger partial charge in [0.25, 0.3) is 11.7 Å². The van der Waals surface area contributed by atoms with Gasteiger partial charge in [-0.2, -0.15) is 0 Å². The van der Waals surface area contributed by atoms with Crippen LogP contribution in [-0.4, -0.2) is 28.4 Å². The molecular weight excluding hydrogens is 452 g/mol. The minimum Gasteiger partial charge on any atom is -0.507 e. The van der Waals surface area contributed by atoms with Crippen molar-refractivity contribution < 1.29 is 19.4 Å². The fourth-order valence-corrected chi connectivity index (χ4v) is 4.22. The Balaban J connectivity index is 1.89. The van der Waals surface area contributed by atoms with E-state index in [4.69, 9.17) is 16.3 Å². The second-order valence-electron chi connectivity index (χ2n) is 8.28. The predicted molar refractivity (Wildman–Crippen MR) is 132 cm³/mol. The van der Waals surface area contributed by atoms with Gasteiger partial charge in [0, 0.05) is 23.6 Å².